The Hall–Kier alpha value is -3.67. The Morgan fingerprint density at radius 1 is 1.03 bits per heavy atom. The minimum Gasteiger partial charge on any atom is -0.495 e. The molecule has 1 saturated heterocycles. The number of halogens is 1. The first-order chi connectivity index (χ1) is 15.2. The van der Waals surface area contributed by atoms with Gasteiger partial charge >= 0.3 is 0 Å². The number of nitrogens with zero attached hydrogens (tertiary/aromatic N) is 3. The van der Waals surface area contributed by atoms with E-state index in [0.717, 1.165) is 22.5 Å². The summed E-state index contributed by atoms with van der Waals surface area (Å²) in [5.41, 5.74) is 3.13. The standard InChI is InChI=1S/C25H22FN3O2/c1-31-23-13-7-6-12-22(23)28-16-18(14-24(28)30)25-27-20-10-4-5-11-21(20)29(25)15-17-8-2-3-9-19(17)26/h2-13,18H,14-16H2,1H3/t18-/m1/s1. The molecule has 0 N–H and O–H groups in total. The number of rotatable bonds is 5. The zero-order valence-electron chi connectivity index (χ0n) is 17.2. The van der Waals surface area contributed by atoms with E-state index in [1.165, 1.54) is 6.07 Å². The Morgan fingerprint density at radius 2 is 1.77 bits per heavy atom. The molecular formula is C25H22FN3O2. The first-order valence-corrected chi connectivity index (χ1v) is 10.3. The van der Waals surface area contributed by atoms with Gasteiger partial charge in [0, 0.05) is 24.4 Å². The van der Waals surface area contributed by atoms with Crippen LogP contribution in [-0.2, 0) is 11.3 Å². The molecule has 0 unspecified atom stereocenters. The van der Waals surface area contributed by atoms with Crippen molar-refractivity contribution in [3.05, 3.63) is 90.0 Å². The number of fused-ring (bicyclic) bond motifs is 1. The molecular weight excluding hydrogens is 393 g/mol. The maximum Gasteiger partial charge on any atom is 0.227 e. The first kappa shape index (κ1) is 19.3. The fourth-order valence-electron chi connectivity index (χ4n) is 4.34. The van der Waals surface area contributed by atoms with Crippen molar-refractivity contribution in [2.45, 2.75) is 18.9 Å². The number of ether oxygens (including phenoxy) is 1. The number of methoxy groups -OCH3 is 1. The van der Waals surface area contributed by atoms with Gasteiger partial charge in [0.15, 0.2) is 0 Å². The predicted octanol–water partition coefficient (Wildman–Crippen LogP) is 4.75. The molecule has 0 radical (unpaired) electrons. The summed E-state index contributed by atoms with van der Waals surface area (Å²) in [4.78, 5) is 19.6. The molecule has 5 rings (SSSR count). The van der Waals surface area contributed by atoms with Crippen LogP contribution in [0.5, 0.6) is 5.75 Å². The van der Waals surface area contributed by atoms with Gasteiger partial charge in [0.05, 0.1) is 30.4 Å². The number of para-hydroxylation sites is 4. The summed E-state index contributed by atoms with van der Waals surface area (Å²) >= 11 is 0. The van der Waals surface area contributed by atoms with Crippen LogP contribution in [0.3, 0.4) is 0 Å². The third-order valence-electron chi connectivity index (χ3n) is 5.84. The highest BCUT2D eigenvalue weighted by Gasteiger charge is 2.36. The van der Waals surface area contributed by atoms with Crippen LogP contribution in [0, 0.1) is 5.82 Å². The summed E-state index contributed by atoms with van der Waals surface area (Å²) in [5, 5.41) is 0. The lowest BCUT2D eigenvalue weighted by Gasteiger charge is -2.20. The molecule has 0 saturated carbocycles. The largest absolute Gasteiger partial charge is 0.495 e. The molecule has 0 bridgehead atoms. The van der Waals surface area contributed by atoms with Gasteiger partial charge in [0.2, 0.25) is 5.91 Å². The number of imidazole rings is 1. The van der Waals surface area contributed by atoms with E-state index in [1.54, 1.807) is 24.1 Å². The molecule has 0 spiro atoms. The van der Waals surface area contributed by atoms with Crippen molar-refractivity contribution in [3.8, 4) is 5.75 Å². The smallest absolute Gasteiger partial charge is 0.227 e. The van der Waals surface area contributed by atoms with Crippen molar-refractivity contribution in [1.82, 2.24) is 9.55 Å². The van der Waals surface area contributed by atoms with Crippen LogP contribution in [0.25, 0.3) is 11.0 Å². The minimum absolute atomic E-state index is 0.0268. The van der Waals surface area contributed by atoms with Gasteiger partial charge in [-0.15, -0.1) is 0 Å². The number of carbonyl (C=O) groups is 1. The van der Waals surface area contributed by atoms with E-state index < -0.39 is 0 Å². The summed E-state index contributed by atoms with van der Waals surface area (Å²) in [6, 6.07) is 22.1. The number of carbonyl (C=O) groups excluding carboxylic acids is 1. The van der Waals surface area contributed by atoms with Gasteiger partial charge in [0.1, 0.15) is 17.4 Å². The highest BCUT2D eigenvalue weighted by atomic mass is 19.1. The molecule has 1 amide bonds. The Morgan fingerprint density at radius 3 is 2.61 bits per heavy atom. The van der Waals surface area contributed by atoms with Gasteiger partial charge in [-0.25, -0.2) is 9.37 Å². The fraction of sp³-hybridized carbons (Fsp3) is 0.200. The molecule has 1 aliphatic rings. The summed E-state index contributed by atoms with van der Waals surface area (Å²) in [7, 11) is 1.60. The number of aromatic nitrogens is 2. The SMILES string of the molecule is COc1ccccc1N1C[C@H](c2nc3ccccc3n2Cc2ccccc2F)CC1=O. The van der Waals surface area contributed by atoms with Crippen molar-refractivity contribution in [3.63, 3.8) is 0 Å². The van der Waals surface area contributed by atoms with E-state index in [-0.39, 0.29) is 17.6 Å². The van der Waals surface area contributed by atoms with Crippen LogP contribution < -0.4 is 9.64 Å². The topological polar surface area (TPSA) is 47.4 Å². The maximum atomic E-state index is 14.4. The zero-order chi connectivity index (χ0) is 21.4. The molecule has 1 atom stereocenters. The molecule has 1 aliphatic heterocycles. The monoisotopic (exact) mass is 415 g/mol. The first-order valence-electron chi connectivity index (χ1n) is 10.3. The van der Waals surface area contributed by atoms with Crippen LogP contribution in [0.4, 0.5) is 10.1 Å². The average molecular weight is 415 g/mol. The summed E-state index contributed by atoms with van der Waals surface area (Å²) < 4.78 is 21.9. The van der Waals surface area contributed by atoms with Gasteiger partial charge in [-0.1, -0.05) is 42.5 Å². The predicted molar refractivity (Wildman–Crippen MR) is 118 cm³/mol. The molecule has 5 nitrogen and oxygen atoms in total. The van der Waals surface area contributed by atoms with E-state index >= 15 is 0 Å². The summed E-state index contributed by atoms with van der Waals surface area (Å²) in [6.45, 7) is 0.863. The molecule has 3 aromatic carbocycles. The van der Waals surface area contributed by atoms with Crippen LogP contribution in [0.15, 0.2) is 72.8 Å². The maximum absolute atomic E-state index is 14.4. The molecule has 1 fully saturated rings. The highest BCUT2D eigenvalue weighted by Crippen LogP contribution is 2.37. The number of hydrogen-bond donors (Lipinski definition) is 0. The quantitative estimate of drug-likeness (QED) is 0.473. The van der Waals surface area contributed by atoms with Gasteiger partial charge in [-0.3, -0.25) is 4.79 Å². The van der Waals surface area contributed by atoms with E-state index in [2.05, 4.69) is 0 Å². The second-order valence-electron chi connectivity index (χ2n) is 7.71. The van der Waals surface area contributed by atoms with Gasteiger partial charge in [-0.05, 0) is 30.3 Å². The Balaban J connectivity index is 1.55. The van der Waals surface area contributed by atoms with E-state index in [1.807, 2.05) is 59.2 Å². The van der Waals surface area contributed by atoms with Crippen molar-refractivity contribution in [2.75, 3.05) is 18.6 Å². The Labute approximate surface area is 179 Å². The number of anilines is 1. The van der Waals surface area contributed by atoms with Gasteiger partial charge < -0.3 is 14.2 Å². The number of hydrogen-bond acceptors (Lipinski definition) is 3. The second kappa shape index (κ2) is 7.87. The van der Waals surface area contributed by atoms with Crippen LogP contribution in [0.1, 0.15) is 23.7 Å². The summed E-state index contributed by atoms with van der Waals surface area (Å²) in [5.74, 6) is 1.14. The number of benzene rings is 3. The third kappa shape index (κ3) is 3.44. The minimum atomic E-state index is -0.246. The average Bonchev–Trinajstić information content (AvgIpc) is 3.36. The zero-order valence-corrected chi connectivity index (χ0v) is 17.2. The normalized spacial score (nSPS) is 16.3. The van der Waals surface area contributed by atoms with Crippen LogP contribution in [0.2, 0.25) is 0 Å². The lowest BCUT2D eigenvalue weighted by molar-refractivity contribution is -0.117. The van der Waals surface area contributed by atoms with Crippen LogP contribution in [-0.4, -0.2) is 29.1 Å². The van der Waals surface area contributed by atoms with Crippen molar-refractivity contribution in [2.24, 2.45) is 0 Å². The second-order valence-corrected chi connectivity index (χ2v) is 7.71. The van der Waals surface area contributed by atoms with E-state index in [9.17, 15) is 9.18 Å². The molecule has 1 aromatic heterocycles. The Kier molecular flexibility index (Phi) is 4.90. The lowest BCUT2D eigenvalue weighted by Crippen LogP contribution is -2.25. The van der Waals surface area contributed by atoms with E-state index in [4.69, 9.17) is 9.72 Å². The molecule has 156 valence electrons. The third-order valence-corrected chi connectivity index (χ3v) is 5.84. The molecule has 31 heavy (non-hydrogen) atoms. The van der Waals surface area contributed by atoms with Crippen molar-refractivity contribution in [1.29, 1.82) is 0 Å². The highest BCUT2D eigenvalue weighted by molar-refractivity contribution is 5.97. The molecule has 4 aromatic rings. The Bertz CT molecular complexity index is 1270. The number of amides is 1. The van der Waals surface area contributed by atoms with Crippen molar-refractivity contribution < 1.29 is 13.9 Å². The van der Waals surface area contributed by atoms with Crippen molar-refractivity contribution >= 4 is 22.6 Å². The van der Waals surface area contributed by atoms with Crippen LogP contribution >= 0.6 is 0 Å². The molecule has 2 heterocycles. The fourth-order valence-corrected chi connectivity index (χ4v) is 4.34. The molecule has 0 aliphatic carbocycles. The van der Waals surface area contributed by atoms with Gasteiger partial charge in [-0.2, -0.15) is 0 Å². The van der Waals surface area contributed by atoms with E-state index in [0.29, 0.717) is 30.8 Å². The lowest BCUT2D eigenvalue weighted by atomic mass is 10.1. The molecule has 6 heteroatoms. The van der Waals surface area contributed by atoms with Gasteiger partial charge in [0.25, 0.3) is 0 Å². The summed E-state index contributed by atoms with van der Waals surface area (Å²) in [6.07, 6.45) is 0.346.